The van der Waals surface area contributed by atoms with E-state index in [2.05, 4.69) is 4.72 Å². The molecular weight excluding hydrogens is 275 g/mol. The van der Waals surface area contributed by atoms with Gasteiger partial charge in [0.15, 0.2) is 0 Å². The van der Waals surface area contributed by atoms with Crippen molar-refractivity contribution in [1.82, 2.24) is 0 Å². The fourth-order valence-electron chi connectivity index (χ4n) is 1.37. The summed E-state index contributed by atoms with van der Waals surface area (Å²) < 4.78 is 39.4. The molecular formula is C11H11FN2O2S2. The number of hydrogen-bond acceptors (Lipinski definition) is 4. The summed E-state index contributed by atoms with van der Waals surface area (Å²) in [5.74, 6) is -0.496. The minimum Gasteiger partial charge on any atom is -0.326 e. The number of benzene rings is 1. The summed E-state index contributed by atoms with van der Waals surface area (Å²) in [6, 6.07) is 8.43. The number of thiophene rings is 1. The van der Waals surface area contributed by atoms with Crippen LogP contribution in [-0.2, 0) is 16.6 Å². The largest absolute Gasteiger partial charge is 0.326 e. The third-order valence-electron chi connectivity index (χ3n) is 2.18. The van der Waals surface area contributed by atoms with Crippen molar-refractivity contribution in [2.45, 2.75) is 10.8 Å². The normalized spacial score (nSPS) is 11.4. The van der Waals surface area contributed by atoms with Gasteiger partial charge in [0.2, 0.25) is 0 Å². The van der Waals surface area contributed by atoms with Crippen LogP contribution in [0.25, 0.3) is 0 Å². The lowest BCUT2D eigenvalue weighted by atomic mass is 10.3. The lowest BCUT2D eigenvalue weighted by Crippen LogP contribution is -2.11. The zero-order valence-corrected chi connectivity index (χ0v) is 10.9. The monoisotopic (exact) mass is 286 g/mol. The molecule has 0 aliphatic carbocycles. The summed E-state index contributed by atoms with van der Waals surface area (Å²) >= 11 is 1.09. The van der Waals surface area contributed by atoms with Crippen LogP contribution in [0.4, 0.5) is 10.1 Å². The minimum atomic E-state index is -3.67. The molecule has 0 amide bonds. The number of anilines is 1. The zero-order chi connectivity index (χ0) is 13.2. The van der Waals surface area contributed by atoms with E-state index in [-0.39, 0.29) is 9.90 Å². The smallest absolute Gasteiger partial charge is 0.271 e. The fourth-order valence-corrected chi connectivity index (χ4v) is 3.65. The Morgan fingerprint density at radius 1 is 1.28 bits per heavy atom. The molecule has 0 saturated heterocycles. The molecule has 4 nitrogen and oxygen atoms in total. The first-order valence-corrected chi connectivity index (χ1v) is 7.38. The molecule has 18 heavy (non-hydrogen) atoms. The van der Waals surface area contributed by atoms with E-state index in [1.165, 1.54) is 24.3 Å². The quantitative estimate of drug-likeness (QED) is 0.904. The first-order chi connectivity index (χ1) is 8.51. The summed E-state index contributed by atoms with van der Waals surface area (Å²) in [7, 11) is -3.67. The average molecular weight is 286 g/mol. The molecule has 0 radical (unpaired) electrons. The summed E-state index contributed by atoms with van der Waals surface area (Å²) in [5.41, 5.74) is 5.62. The molecule has 3 N–H and O–H groups in total. The van der Waals surface area contributed by atoms with Crippen molar-refractivity contribution in [2.24, 2.45) is 5.73 Å². The van der Waals surface area contributed by atoms with Gasteiger partial charge in [-0.3, -0.25) is 4.72 Å². The molecule has 0 unspecified atom stereocenters. The predicted molar refractivity (Wildman–Crippen MR) is 69.4 cm³/mol. The van der Waals surface area contributed by atoms with Crippen LogP contribution < -0.4 is 10.5 Å². The third-order valence-corrected chi connectivity index (χ3v) is 5.16. The predicted octanol–water partition coefficient (Wildman–Crippen LogP) is 2.15. The van der Waals surface area contributed by atoms with E-state index in [4.69, 9.17) is 5.73 Å². The number of nitrogens with one attached hydrogen (secondary N) is 1. The molecule has 1 aromatic carbocycles. The van der Waals surface area contributed by atoms with Crippen molar-refractivity contribution in [3.63, 3.8) is 0 Å². The highest BCUT2D eigenvalue weighted by Gasteiger charge is 2.16. The molecule has 0 saturated carbocycles. The van der Waals surface area contributed by atoms with Gasteiger partial charge in [-0.2, -0.15) is 0 Å². The fraction of sp³-hybridized carbons (Fsp3) is 0.0909. The van der Waals surface area contributed by atoms with Gasteiger partial charge in [-0.05, 0) is 30.3 Å². The summed E-state index contributed by atoms with van der Waals surface area (Å²) in [4.78, 5) is 0.773. The van der Waals surface area contributed by atoms with Gasteiger partial charge in [0.1, 0.15) is 10.0 Å². The standard InChI is InChI=1S/C11H11FN2O2S2/c12-8-2-1-3-9(6-8)14-18(15,16)11-5-4-10(7-13)17-11/h1-6,14H,7,13H2. The van der Waals surface area contributed by atoms with Crippen molar-refractivity contribution in [1.29, 1.82) is 0 Å². The van der Waals surface area contributed by atoms with Gasteiger partial charge in [0.05, 0.1) is 5.69 Å². The van der Waals surface area contributed by atoms with Gasteiger partial charge in [0, 0.05) is 11.4 Å². The van der Waals surface area contributed by atoms with Gasteiger partial charge in [-0.1, -0.05) is 6.07 Å². The Morgan fingerprint density at radius 3 is 2.67 bits per heavy atom. The summed E-state index contributed by atoms with van der Waals surface area (Å²) in [5, 5.41) is 0. The maximum absolute atomic E-state index is 13.0. The van der Waals surface area contributed by atoms with Gasteiger partial charge in [-0.25, -0.2) is 12.8 Å². The lowest BCUT2D eigenvalue weighted by Gasteiger charge is -2.05. The molecule has 96 valence electrons. The van der Waals surface area contributed by atoms with E-state index >= 15 is 0 Å². The third kappa shape index (κ3) is 2.87. The van der Waals surface area contributed by atoms with Crippen molar-refractivity contribution in [2.75, 3.05) is 4.72 Å². The number of rotatable bonds is 4. The number of nitrogens with two attached hydrogens (primary N) is 1. The molecule has 0 spiro atoms. The minimum absolute atomic E-state index is 0.159. The molecule has 0 bridgehead atoms. The zero-order valence-electron chi connectivity index (χ0n) is 9.26. The second-order valence-corrected chi connectivity index (χ2v) is 6.62. The molecule has 2 aromatic rings. The van der Waals surface area contributed by atoms with Crippen molar-refractivity contribution >= 4 is 27.0 Å². The van der Waals surface area contributed by atoms with Gasteiger partial charge in [-0.15, -0.1) is 11.3 Å². The van der Waals surface area contributed by atoms with Crippen LogP contribution in [0.2, 0.25) is 0 Å². The van der Waals surface area contributed by atoms with E-state index in [9.17, 15) is 12.8 Å². The summed E-state index contributed by atoms with van der Waals surface area (Å²) in [6.45, 7) is 0.292. The molecule has 1 heterocycles. The van der Waals surface area contributed by atoms with Gasteiger partial charge in [0.25, 0.3) is 10.0 Å². The topological polar surface area (TPSA) is 72.2 Å². The lowest BCUT2D eigenvalue weighted by molar-refractivity contribution is 0.603. The van der Waals surface area contributed by atoms with Crippen LogP contribution in [0.15, 0.2) is 40.6 Å². The maximum atomic E-state index is 13.0. The molecule has 1 aromatic heterocycles. The first kappa shape index (κ1) is 13.0. The maximum Gasteiger partial charge on any atom is 0.271 e. The molecule has 0 fully saturated rings. The van der Waals surface area contributed by atoms with Crippen molar-refractivity contribution in [3.8, 4) is 0 Å². The Hall–Kier alpha value is -1.44. The molecule has 2 rings (SSSR count). The Balaban J connectivity index is 2.27. The first-order valence-electron chi connectivity index (χ1n) is 5.08. The second kappa shape index (κ2) is 5.05. The van der Waals surface area contributed by atoms with E-state index in [0.717, 1.165) is 22.3 Å². The Kier molecular flexibility index (Phi) is 3.65. The van der Waals surface area contributed by atoms with Crippen LogP contribution in [0.3, 0.4) is 0 Å². The number of sulfonamides is 1. The molecule has 0 aliphatic rings. The van der Waals surface area contributed by atoms with E-state index in [1.54, 1.807) is 6.07 Å². The second-order valence-electron chi connectivity index (χ2n) is 3.54. The Bertz CT molecular complexity index is 653. The van der Waals surface area contributed by atoms with Crippen molar-refractivity contribution in [3.05, 3.63) is 47.1 Å². The van der Waals surface area contributed by atoms with Crippen molar-refractivity contribution < 1.29 is 12.8 Å². The van der Waals surface area contributed by atoms with Crippen LogP contribution in [-0.4, -0.2) is 8.42 Å². The average Bonchev–Trinajstić information content (AvgIpc) is 2.77. The van der Waals surface area contributed by atoms with Crippen LogP contribution >= 0.6 is 11.3 Å². The molecule has 0 atom stereocenters. The van der Waals surface area contributed by atoms with Gasteiger partial charge >= 0.3 is 0 Å². The van der Waals surface area contributed by atoms with Crippen LogP contribution in [0, 0.1) is 5.82 Å². The highest BCUT2D eigenvalue weighted by atomic mass is 32.2. The molecule has 0 aliphatic heterocycles. The van der Waals surface area contributed by atoms with E-state index in [0.29, 0.717) is 6.54 Å². The summed E-state index contributed by atoms with van der Waals surface area (Å²) in [6.07, 6.45) is 0. The Morgan fingerprint density at radius 2 is 2.06 bits per heavy atom. The number of halogens is 1. The van der Waals surface area contributed by atoms with Gasteiger partial charge < -0.3 is 5.73 Å². The Labute approximate surface area is 108 Å². The van der Waals surface area contributed by atoms with E-state index < -0.39 is 15.8 Å². The molecule has 7 heteroatoms. The van der Waals surface area contributed by atoms with E-state index in [1.807, 2.05) is 0 Å². The number of hydrogen-bond donors (Lipinski definition) is 2. The SMILES string of the molecule is NCc1ccc(S(=O)(=O)Nc2cccc(F)c2)s1. The van der Waals surface area contributed by atoms with Crippen LogP contribution in [0.1, 0.15) is 4.88 Å². The highest BCUT2D eigenvalue weighted by molar-refractivity contribution is 7.94. The highest BCUT2D eigenvalue weighted by Crippen LogP contribution is 2.23. The van der Waals surface area contributed by atoms with Crippen LogP contribution in [0.5, 0.6) is 0 Å².